The van der Waals surface area contributed by atoms with E-state index in [9.17, 15) is 9.59 Å². The molecule has 1 aliphatic carbocycles. The van der Waals surface area contributed by atoms with Crippen LogP contribution in [0.2, 0.25) is 0 Å². The highest BCUT2D eigenvalue weighted by molar-refractivity contribution is 5.79. The summed E-state index contributed by atoms with van der Waals surface area (Å²) in [6.45, 7) is 6.29. The molecule has 2 fully saturated rings. The molecule has 1 aromatic carbocycles. The van der Waals surface area contributed by atoms with E-state index >= 15 is 0 Å². The third-order valence-corrected chi connectivity index (χ3v) is 6.01. The topological polar surface area (TPSA) is 52.7 Å². The fraction of sp³-hybridized carbons (Fsp3) is 0.636. The maximum absolute atomic E-state index is 12.6. The van der Waals surface area contributed by atoms with E-state index in [1.165, 1.54) is 37.7 Å². The molecule has 5 heteroatoms. The van der Waals surface area contributed by atoms with Crippen molar-refractivity contribution in [3.63, 3.8) is 0 Å². The van der Waals surface area contributed by atoms with Crippen molar-refractivity contribution in [3.05, 3.63) is 35.4 Å². The van der Waals surface area contributed by atoms with Crippen LogP contribution in [0.15, 0.2) is 24.3 Å². The molecule has 2 amide bonds. The zero-order valence-corrected chi connectivity index (χ0v) is 16.6. The van der Waals surface area contributed by atoms with Gasteiger partial charge >= 0.3 is 0 Å². The van der Waals surface area contributed by atoms with Crippen LogP contribution in [-0.4, -0.2) is 60.9 Å². The van der Waals surface area contributed by atoms with E-state index in [-0.39, 0.29) is 11.8 Å². The molecule has 1 saturated heterocycles. The second kappa shape index (κ2) is 9.88. The fourth-order valence-electron chi connectivity index (χ4n) is 4.15. The zero-order chi connectivity index (χ0) is 19.1. The Kier molecular flexibility index (Phi) is 7.27. The summed E-state index contributed by atoms with van der Waals surface area (Å²) in [5.41, 5.74) is 2.27. The van der Waals surface area contributed by atoms with E-state index in [4.69, 9.17) is 0 Å². The Morgan fingerprint density at radius 1 is 1.04 bits per heavy atom. The van der Waals surface area contributed by atoms with Crippen LogP contribution in [0.1, 0.15) is 43.2 Å². The molecule has 0 unspecified atom stereocenters. The first-order valence-electron chi connectivity index (χ1n) is 10.4. The van der Waals surface area contributed by atoms with Gasteiger partial charge in [-0.2, -0.15) is 0 Å². The van der Waals surface area contributed by atoms with Crippen molar-refractivity contribution in [2.45, 2.75) is 45.4 Å². The van der Waals surface area contributed by atoms with E-state index in [0.717, 1.165) is 25.2 Å². The molecule has 0 aromatic heterocycles. The Labute approximate surface area is 163 Å². The Morgan fingerprint density at radius 3 is 2.44 bits per heavy atom. The molecule has 1 aromatic rings. The van der Waals surface area contributed by atoms with Crippen LogP contribution in [0.25, 0.3) is 0 Å². The number of carbonyl (C=O) groups excluding carboxylic acids is 2. The molecule has 0 spiro atoms. The third-order valence-electron chi connectivity index (χ3n) is 6.01. The Balaban J connectivity index is 1.36. The number of piperazine rings is 1. The molecule has 1 aliphatic heterocycles. The largest absolute Gasteiger partial charge is 0.355 e. The van der Waals surface area contributed by atoms with Crippen molar-refractivity contribution in [1.82, 2.24) is 15.1 Å². The third kappa shape index (κ3) is 6.06. The summed E-state index contributed by atoms with van der Waals surface area (Å²) in [4.78, 5) is 28.9. The van der Waals surface area contributed by atoms with E-state index in [1.807, 2.05) is 36.1 Å². The SMILES string of the molecule is Cc1ccccc1CC(=O)N1CCN(CC(=O)NCC2CCCCC2)CC1. The summed E-state index contributed by atoms with van der Waals surface area (Å²) < 4.78 is 0. The van der Waals surface area contributed by atoms with Crippen molar-refractivity contribution >= 4 is 11.8 Å². The predicted molar refractivity (Wildman–Crippen MR) is 107 cm³/mol. The second-order valence-corrected chi connectivity index (χ2v) is 8.07. The minimum absolute atomic E-state index is 0.125. The quantitative estimate of drug-likeness (QED) is 0.835. The number of aryl methyl sites for hydroxylation is 1. The first-order valence-corrected chi connectivity index (χ1v) is 10.4. The monoisotopic (exact) mass is 371 g/mol. The fourth-order valence-corrected chi connectivity index (χ4v) is 4.15. The summed E-state index contributed by atoms with van der Waals surface area (Å²) in [6, 6.07) is 8.06. The molecule has 1 saturated carbocycles. The number of benzene rings is 1. The lowest BCUT2D eigenvalue weighted by Gasteiger charge is -2.34. The molecule has 5 nitrogen and oxygen atoms in total. The highest BCUT2D eigenvalue weighted by Crippen LogP contribution is 2.22. The molecule has 0 atom stereocenters. The van der Waals surface area contributed by atoms with Crippen LogP contribution >= 0.6 is 0 Å². The van der Waals surface area contributed by atoms with E-state index in [0.29, 0.717) is 32.0 Å². The second-order valence-electron chi connectivity index (χ2n) is 8.07. The molecule has 3 rings (SSSR count). The number of nitrogens with zero attached hydrogens (tertiary/aromatic N) is 2. The highest BCUT2D eigenvalue weighted by atomic mass is 16.2. The number of nitrogens with one attached hydrogen (secondary N) is 1. The predicted octanol–water partition coefficient (Wildman–Crippen LogP) is 2.38. The summed E-state index contributed by atoms with van der Waals surface area (Å²) in [6.07, 6.45) is 6.92. The van der Waals surface area contributed by atoms with Gasteiger partial charge in [0.15, 0.2) is 0 Å². The van der Waals surface area contributed by atoms with Crippen molar-refractivity contribution in [2.24, 2.45) is 5.92 Å². The van der Waals surface area contributed by atoms with Gasteiger partial charge in [-0.3, -0.25) is 14.5 Å². The Morgan fingerprint density at radius 2 is 1.74 bits per heavy atom. The summed E-state index contributed by atoms with van der Waals surface area (Å²) in [7, 11) is 0. The molecule has 0 radical (unpaired) electrons. The van der Waals surface area contributed by atoms with E-state index in [1.54, 1.807) is 0 Å². The van der Waals surface area contributed by atoms with Crippen molar-refractivity contribution in [3.8, 4) is 0 Å². The molecule has 27 heavy (non-hydrogen) atoms. The molecule has 1 N–H and O–H groups in total. The molecule has 1 heterocycles. The number of rotatable bonds is 6. The molecular weight excluding hydrogens is 338 g/mol. The normalized spacial score (nSPS) is 19.1. The van der Waals surface area contributed by atoms with Crippen molar-refractivity contribution in [2.75, 3.05) is 39.3 Å². The zero-order valence-electron chi connectivity index (χ0n) is 16.6. The maximum Gasteiger partial charge on any atom is 0.234 e. The van der Waals surface area contributed by atoms with Crippen molar-refractivity contribution in [1.29, 1.82) is 0 Å². The smallest absolute Gasteiger partial charge is 0.234 e. The van der Waals surface area contributed by atoms with Gasteiger partial charge in [0, 0.05) is 32.7 Å². The number of hydrogen-bond acceptors (Lipinski definition) is 3. The molecule has 2 aliphatic rings. The van der Waals surface area contributed by atoms with Crippen molar-refractivity contribution < 1.29 is 9.59 Å². The van der Waals surface area contributed by atoms with Crippen LogP contribution < -0.4 is 5.32 Å². The molecule has 148 valence electrons. The first kappa shape index (κ1) is 19.9. The molecular formula is C22H33N3O2. The lowest BCUT2D eigenvalue weighted by molar-refractivity contribution is -0.132. The van der Waals surface area contributed by atoms with Gasteiger partial charge in [-0.05, 0) is 36.8 Å². The number of amides is 2. The minimum Gasteiger partial charge on any atom is -0.355 e. The standard InChI is InChI=1S/C22H33N3O2/c1-18-7-5-6-10-20(18)15-22(27)25-13-11-24(12-14-25)17-21(26)23-16-19-8-3-2-4-9-19/h5-7,10,19H,2-4,8-9,11-17H2,1H3,(H,23,26). The van der Waals surface area contributed by atoms with Crippen LogP contribution in [-0.2, 0) is 16.0 Å². The van der Waals surface area contributed by atoms with Crippen LogP contribution in [0.3, 0.4) is 0 Å². The lowest BCUT2D eigenvalue weighted by atomic mass is 9.89. The summed E-state index contributed by atoms with van der Waals surface area (Å²) >= 11 is 0. The summed E-state index contributed by atoms with van der Waals surface area (Å²) in [5.74, 6) is 0.976. The Hall–Kier alpha value is -1.88. The van der Waals surface area contributed by atoms with Crippen LogP contribution in [0, 0.1) is 12.8 Å². The van der Waals surface area contributed by atoms with Gasteiger partial charge in [0.05, 0.1) is 13.0 Å². The Bertz CT molecular complexity index is 632. The van der Waals surface area contributed by atoms with Gasteiger partial charge < -0.3 is 10.2 Å². The molecule has 0 bridgehead atoms. The average Bonchev–Trinajstić information content (AvgIpc) is 2.69. The van der Waals surface area contributed by atoms with Gasteiger partial charge in [0.2, 0.25) is 11.8 Å². The number of hydrogen-bond donors (Lipinski definition) is 1. The van der Waals surface area contributed by atoms with Gasteiger partial charge in [-0.15, -0.1) is 0 Å². The average molecular weight is 372 g/mol. The van der Waals surface area contributed by atoms with Gasteiger partial charge in [-0.25, -0.2) is 0 Å². The minimum atomic E-state index is 0.125. The summed E-state index contributed by atoms with van der Waals surface area (Å²) in [5, 5.41) is 3.11. The van der Waals surface area contributed by atoms with E-state index < -0.39 is 0 Å². The first-order chi connectivity index (χ1) is 13.1. The lowest BCUT2D eigenvalue weighted by Crippen LogP contribution is -2.51. The van der Waals surface area contributed by atoms with Crippen LogP contribution in [0.5, 0.6) is 0 Å². The van der Waals surface area contributed by atoms with Gasteiger partial charge in [0.1, 0.15) is 0 Å². The number of carbonyl (C=O) groups is 2. The van der Waals surface area contributed by atoms with Crippen LogP contribution in [0.4, 0.5) is 0 Å². The van der Waals surface area contributed by atoms with Gasteiger partial charge in [0.25, 0.3) is 0 Å². The van der Waals surface area contributed by atoms with E-state index in [2.05, 4.69) is 10.2 Å². The maximum atomic E-state index is 12.6. The highest BCUT2D eigenvalue weighted by Gasteiger charge is 2.23. The van der Waals surface area contributed by atoms with Gasteiger partial charge in [-0.1, -0.05) is 43.5 Å².